The number of benzene rings is 1. The van der Waals surface area contributed by atoms with Crippen LogP contribution in [0.4, 0.5) is 5.69 Å². The van der Waals surface area contributed by atoms with E-state index in [0.29, 0.717) is 6.04 Å². The highest BCUT2D eigenvalue weighted by molar-refractivity contribution is 5.96. The molecule has 2 fully saturated rings. The Hall–Kier alpha value is -2.01. The zero-order valence-corrected chi connectivity index (χ0v) is 17.1. The molecule has 0 bridgehead atoms. The fraction of sp³-hybridized carbons (Fsp3) is 0.609. The number of aromatic nitrogens is 1. The Morgan fingerprint density at radius 1 is 1.00 bits per heavy atom. The third-order valence-corrected chi connectivity index (χ3v) is 6.63. The summed E-state index contributed by atoms with van der Waals surface area (Å²) in [6.45, 7) is 2.43. The van der Waals surface area contributed by atoms with Crippen molar-refractivity contribution in [3.63, 3.8) is 0 Å². The molecule has 0 unspecified atom stereocenters. The Morgan fingerprint density at radius 3 is 2.61 bits per heavy atom. The summed E-state index contributed by atoms with van der Waals surface area (Å²) in [4.78, 5) is 7.70. The van der Waals surface area contributed by atoms with E-state index in [1.54, 1.807) is 14.2 Å². The second-order valence-corrected chi connectivity index (χ2v) is 8.55. The minimum atomic E-state index is 0.506. The summed E-state index contributed by atoms with van der Waals surface area (Å²) in [7, 11) is 3.39. The lowest BCUT2D eigenvalue weighted by Crippen LogP contribution is -2.36. The molecule has 2 aliphatic carbocycles. The molecule has 1 atom stereocenters. The molecule has 2 aromatic rings. The van der Waals surface area contributed by atoms with Gasteiger partial charge in [-0.2, -0.15) is 0 Å². The first-order chi connectivity index (χ1) is 13.8. The van der Waals surface area contributed by atoms with Gasteiger partial charge in [0.2, 0.25) is 0 Å². The van der Waals surface area contributed by atoms with Crippen molar-refractivity contribution in [3.8, 4) is 11.5 Å². The van der Waals surface area contributed by atoms with Gasteiger partial charge in [0.15, 0.2) is 11.5 Å². The Labute approximate surface area is 167 Å². The van der Waals surface area contributed by atoms with E-state index in [1.807, 2.05) is 6.07 Å². The Balaban J connectivity index is 1.55. The first-order valence-electron chi connectivity index (χ1n) is 10.8. The summed E-state index contributed by atoms with van der Waals surface area (Å²) in [6, 6.07) is 5.48. The molecule has 1 N–H and O–H groups in total. The van der Waals surface area contributed by atoms with Crippen molar-refractivity contribution in [2.45, 2.75) is 63.5 Å². The third-order valence-electron chi connectivity index (χ3n) is 6.63. The number of aryl methyl sites for hydroxylation is 1. The fourth-order valence-electron chi connectivity index (χ4n) is 5.02. The van der Waals surface area contributed by atoms with Gasteiger partial charge in [0, 0.05) is 41.5 Å². The number of methoxy groups -OCH3 is 2. The Bertz CT molecular complexity index is 878. The smallest absolute Gasteiger partial charge is 0.162 e. The number of hydrogen-bond donors (Lipinski definition) is 1. The maximum absolute atomic E-state index is 5.60. The number of ether oxygens (including phenoxy) is 2. The number of rotatable bonds is 5. The van der Waals surface area contributed by atoms with Gasteiger partial charge in [0.1, 0.15) is 0 Å². The second kappa shape index (κ2) is 7.43. The highest BCUT2D eigenvalue weighted by Crippen LogP contribution is 2.40. The van der Waals surface area contributed by atoms with Crippen molar-refractivity contribution in [2.24, 2.45) is 0 Å². The summed E-state index contributed by atoms with van der Waals surface area (Å²) in [5.74, 6) is 1.53. The number of nitrogens with one attached hydrogen (secondary N) is 1. The minimum Gasteiger partial charge on any atom is -0.493 e. The maximum Gasteiger partial charge on any atom is 0.162 e. The summed E-state index contributed by atoms with van der Waals surface area (Å²) in [5.41, 5.74) is 4.98. The van der Waals surface area contributed by atoms with Crippen LogP contribution in [0.1, 0.15) is 49.8 Å². The normalized spacial score (nSPS) is 22.7. The summed E-state index contributed by atoms with van der Waals surface area (Å²) in [5, 5.41) is 5.15. The molecule has 5 heteroatoms. The van der Waals surface area contributed by atoms with Crippen molar-refractivity contribution in [1.82, 2.24) is 9.88 Å². The van der Waals surface area contributed by atoms with E-state index in [0.717, 1.165) is 42.4 Å². The van der Waals surface area contributed by atoms with Gasteiger partial charge in [-0.05, 0) is 63.1 Å². The molecule has 2 heterocycles. The third kappa shape index (κ3) is 3.30. The van der Waals surface area contributed by atoms with Crippen LogP contribution in [0.25, 0.3) is 10.9 Å². The van der Waals surface area contributed by atoms with Gasteiger partial charge in [-0.3, -0.25) is 9.88 Å². The standard InChI is InChI=1S/C23H31N3O2/c1-27-21-12-18-20(13-22(21)28-2)25-19-8-5-7-17(19)23(18)24-15-6-3-4-11-26(14-15)16-9-10-16/h12-13,15-16H,3-11,14H2,1-2H3,(H,24,25)/t15-/m1/s1. The van der Waals surface area contributed by atoms with Gasteiger partial charge in [0.05, 0.1) is 19.7 Å². The molecule has 1 saturated carbocycles. The van der Waals surface area contributed by atoms with E-state index < -0.39 is 0 Å². The second-order valence-electron chi connectivity index (χ2n) is 8.55. The van der Waals surface area contributed by atoms with Crippen molar-refractivity contribution >= 4 is 16.6 Å². The van der Waals surface area contributed by atoms with Crippen LogP contribution in [0, 0.1) is 0 Å². The van der Waals surface area contributed by atoms with Crippen LogP contribution < -0.4 is 14.8 Å². The van der Waals surface area contributed by atoms with Crippen LogP contribution >= 0.6 is 0 Å². The molecular formula is C23H31N3O2. The van der Waals surface area contributed by atoms with Gasteiger partial charge in [-0.15, -0.1) is 0 Å². The van der Waals surface area contributed by atoms with E-state index in [1.165, 1.54) is 67.4 Å². The molecule has 1 saturated heterocycles. The van der Waals surface area contributed by atoms with E-state index in [-0.39, 0.29) is 0 Å². The Kier molecular flexibility index (Phi) is 4.79. The molecule has 1 aromatic heterocycles. The largest absolute Gasteiger partial charge is 0.493 e. The van der Waals surface area contributed by atoms with Crippen LogP contribution in [0.3, 0.4) is 0 Å². The molecule has 150 valence electrons. The van der Waals surface area contributed by atoms with Crippen LogP contribution in [0.5, 0.6) is 11.5 Å². The predicted octanol–water partition coefficient (Wildman–Crippen LogP) is 4.17. The highest BCUT2D eigenvalue weighted by atomic mass is 16.5. The SMILES string of the molecule is COc1cc2nc3c(c(N[C@@H]4CCCCN(C5CC5)C4)c2cc1OC)CCC3. The molecular weight excluding hydrogens is 350 g/mol. The molecule has 1 aliphatic heterocycles. The first-order valence-corrected chi connectivity index (χ1v) is 10.8. The molecule has 28 heavy (non-hydrogen) atoms. The van der Waals surface area contributed by atoms with E-state index in [2.05, 4.69) is 16.3 Å². The number of likely N-dealkylation sites (tertiary alicyclic amines) is 1. The number of hydrogen-bond acceptors (Lipinski definition) is 5. The number of pyridine rings is 1. The molecule has 0 spiro atoms. The summed E-state index contributed by atoms with van der Waals surface area (Å²) in [6.07, 6.45) is 10.0. The maximum atomic E-state index is 5.60. The average Bonchev–Trinajstić information content (AvgIpc) is 3.49. The number of anilines is 1. The molecule has 3 aliphatic rings. The molecule has 1 aromatic carbocycles. The van der Waals surface area contributed by atoms with Gasteiger partial charge < -0.3 is 14.8 Å². The van der Waals surface area contributed by atoms with E-state index >= 15 is 0 Å². The highest BCUT2D eigenvalue weighted by Gasteiger charge is 2.32. The lowest BCUT2D eigenvalue weighted by atomic mass is 10.0. The quantitative estimate of drug-likeness (QED) is 0.842. The van der Waals surface area contributed by atoms with Crippen LogP contribution in [0.15, 0.2) is 12.1 Å². The van der Waals surface area contributed by atoms with Crippen molar-refractivity contribution in [2.75, 3.05) is 32.6 Å². The fourth-order valence-corrected chi connectivity index (χ4v) is 5.02. The lowest BCUT2D eigenvalue weighted by Gasteiger charge is -2.27. The molecule has 0 amide bonds. The molecule has 5 nitrogen and oxygen atoms in total. The average molecular weight is 382 g/mol. The summed E-state index contributed by atoms with van der Waals surface area (Å²) >= 11 is 0. The topological polar surface area (TPSA) is 46.6 Å². The van der Waals surface area contributed by atoms with Crippen molar-refractivity contribution < 1.29 is 9.47 Å². The van der Waals surface area contributed by atoms with E-state index in [9.17, 15) is 0 Å². The Morgan fingerprint density at radius 2 is 1.82 bits per heavy atom. The number of nitrogens with zero attached hydrogens (tertiary/aromatic N) is 2. The van der Waals surface area contributed by atoms with Gasteiger partial charge in [0.25, 0.3) is 0 Å². The zero-order valence-electron chi connectivity index (χ0n) is 17.1. The van der Waals surface area contributed by atoms with Gasteiger partial charge in [-0.25, -0.2) is 0 Å². The monoisotopic (exact) mass is 381 g/mol. The molecule has 5 rings (SSSR count). The van der Waals surface area contributed by atoms with E-state index in [4.69, 9.17) is 14.5 Å². The van der Waals surface area contributed by atoms with Gasteiger partial charge >= 0.3 is 0 Å². The zero-order chi connectivity index (χ0) is 19.1. The van der Waals surface area contributed by atoms with Crippen LogP contribution in [-0.2, 0) is 12.8 Å². The molecule has 0 radical (unpaired) electrons. The first kappa shape index (κ1) is 18.0. The van der Waals surface area contributed by atoms with Gasteiger partial charge in [-0.1, -0.05) is 6.42 Å². The van der Waals surface area contributed by atoms with Crippen LogP contribution in [-0.4, -0.2) is 49.3 Å². The van der Waals surface area contributed by atoms with Crippen molar-refractivity contribution in [1.29, 1.82) is 0 Å². The van der Waals surface area contributed by atoms with Crippen molar-refractivity contribution in [3.05, 3.63) is 23.4 Å². The summed E-state index contributed by atoms with van der Waals surface area (Å²) < 4.78 is 11.1. The lowest BCUT2D eigenvalue weighted by molar-refractivity contribution is 0.267. The predicted molar refractivity (Wildman–Crippen MR) is 113 cm³/mol. The van der Waals surface area contributed by atoms with Crippen LogP contribution in [0.2, 0.25) is 0 Å². The number of fused-ring (bicyclic) bond motifs is 2. The minimum absolute atomic E-state index is 0.506.